The SMILES string of the molecule is Cc1nc(SCC(C)CO)ncc1C(=O)O. The van der Waals surface area contributed by atoms with E-state index in [-0.39, 0.29) is 18.1 Å². The highest BCUT2D eigenvalue weighted by molar-refractivity contribution is 7.99. The molecule has 16 heavy (non-hydrogen) atoms. The van der Waals surface area contributed by atoms with Crippen LogP contribution < -0.4 is 0 Å². The molecule has 2 N–H and O–H groups in total. The van der Waals surface area contributed by atoms with Crippen LogP contribution in [0.5, 0.6) is 0 Å². The van der Waals surface area contributed by atoms with E-state index in [4.69, 9.17) is 10.2 Å². The van der Waals surface area contributed by atoms with Crippen LogP contribution in [0.25, 0.3) is 0 Å². The molecule has 1 heterocycles. The van der Waals surface area contributed by atoms with Crippen LogP contribution in [0.4, 0.5) is 0 Å². The number of carboxylic acids is 1. The fourth-order valence-corrected chi connectivity index (χ4v) is 1.86. The molecule has 0 aliphatic rings. The van der Waals surface area contributed by atoms with Gasteiger partial charge in [-0.25, -0.2) is 14.8 Å². The molecular weight excluding hydrogens is 228 g/mol. The summed E-state index contributed by atoms with van der Waals surface area (Å²) in [5.74, 6) is -0.131. The van der Waals surface area contributed by atoms with Crippen molar-refractivity contribution in [2.24, 2.45) is 5.92 Å². The number of aromatic nitrogens is 2. The Bertz CT molecular complexity index is 384. The number of carbonyl (C=O) groups is 1. The Morgan fingerprint density at radius 1 is 1.62 bits per heavy atom. The van der Waals surface area contributed by atoms with Gasteiger partial charge in [0.1, 0.15) is 0 Å². The van der Waals surface area contributed by atoms with Gasteiger partial charge in [-0.3, -0.25) is 0 Å². The molecule has 0 radical (unpaired) electrons. The van der Waals surface area contributed by atoms with Crippen LogP contribution in [0.3, 0.4) is 0 Å². The number of carboxylic acid groups (broad SMARTS) is 1. The van der Waals surface area contributed by atoms with Crippen molar-refractivity contribution in [1.29, 1.82) is 0 Å². The number of aromatic carboxylic acids is 1. The quantitative estimate of drug-likeness (QED) is 0.596. The average Bonchev–Trinajstić information content (AvgIpc) is 2.25. The molecule has 0 bridgehead atoms. The fourth-order valence-electron chi connectivity index (χ4n) is 0.995. The van der Waals surface area contributed by atoms with Gasteiger partial charge in [-0.2, -0.15) is 0 Å². The second-order valence-electron chi connectivity index (χ2n) is 3.56. The molecule has 6 heteroatoms. The number of hydrogen-bond donors (Lipinski definition) is 2. The van der Waals surface area contributed by atoms with Crippen LogP contribution in [-0.2, 0) is 0 Å². The van der Waals surface area contributed by atoms with Crippen LogP contribution in [0.1, 0.15) is 23.0 Å². The van der Waals surface area contributed by atoms with E-state index in [1.807, 2.05) is 6.92 Å². The maximum atomic E-state index is 10.7. The van der Waals surface area contributed by atoms with Gasteiger partial charge in [0.2, 0.25) is 0 Å². The summed E-state index contributed by atoms with van der Waals surface area (Å²) in [6.45, 7) is 3.69. The Morgan fingerprint density at radius 2 is 2.31 bits per heavy atom. The minimum absolute atomic E-state index is 0.124. The van der Waals surface area contributed by atoms with Gasteiger partial charge >= 0.3 is 5.97 Å². The molecule has 1 unspecified atom stereocenters. The van der Waals surface area contributed by atoms with E-state index in [0.717, 1.165) is 0 Å². The van der Waals surface area contributed by atoms with E-state index in [2.05, 4.69) is 9.97 Å². The number of aliphatic hydroxyl groups is 1. The Hall–Kier alpha value is -1.14. The molecule has 1 atom stereocenters. The standard InChI is InChI=1S/C10H14N2O3S/c1-6(4-13)5-16-10-11-3-8(9(14)15)7(2)12-10/h3,6,13H,4-5H2,1-2H3,(H,14,15). The van der Waals surface area contributed by atoms with E-state index < -0.39 is 5.97 Å². The van der Waals surface area contributed by atoms with E-state index in [1.54, 1.807) is 6.92 Å². The summed E-state index contributed by atoms with van der Waals surface area (Å²) in [5, 5.41) is 18.2. The highest BCUT2D eigenvalue weighted by Crippen LogP contribution is 2.17. The molecule has 0 amide bonds. The fraction of sp³-hybridized carbons (Fsp3) is 0.500. The Kier molecular flexibility index (Phi) is 4.70. The minimum atomic E-state index is -1.02. The molecule has 0 aromatic carbocycles. The Balaban J connectivity index is 2.70. The summed E-state index contributed by atoms with van der Waals surface area (Å²) in [4.78, 5) is 18.8. The minimum Gasteiger partial charge on any atom is -0.478 e. The normalized spacial score (nSPS) is 12.4. The largest absolute Gasteiger partial charge is 0.478 e. The highest BCUT2D eigenvalue weighted by Gasteiger charge is 2.10. The Morgan fingerprint density at radius 3 is 2.81 bits per heavy atom. The summed E-state index contributed by atoms with van der Waals surface area (Å²) in [7, 11) is 0. The van der Waals surface area contributed by atoms with Crippen molar-refractivity contribution >= 4 is 17.7 Å². The first-order chi connectivity index (χ1) is 7.54. The lowest BCUT2D eigenvalue weighted by Gasteiger charge is -2.06. The number of aryl methyl sites for hydroxylation is 1. The summed E-state index contributed by atoms with van der Waals surface area (Å²) in [6, 6.07) is 0. The number of hydrogen-bond acceptors (Lipinski definition) is 5. The lowest BCUT2D eigenvalue weighted by molar-refractivity contribution is 0.0695. The highest BCUT2D eigenvalue weighted by atomic mass is 32.2. The molecule has 0 saturated heterocycles. The second-order valence-corrected chi connectivity index (χ2v) is 4.54. The third-order valence-electron chi connectivity index (χ3n) is 2.00. The zero-order chi connectivity index (χ0) is 12.1. The molecule has 88 valence electrons. The molecule has 1 aromatic rings. The van der Waals surface area contributed by atoms with Gasteiger partial charge in [-0.1, -0.05) is 18.7 Å². The van der Waals surface area contributed by atoms with Gasteiger partial charge in [0, 0.05) is 18.6 Å². The third-order valence-corrected chi connectivity index (χ3v) is 3.19. The lowest BCUT2D eigenvalue weighted by atomic mass is 10.2. The molecule has 0 saturated carbocycles. The van der Waals surface area contributed by atoms with Crippen LogP contribution in [0.2, 0.25) is 0 Å². The summed E-state index contributed by atoms with van der Waals surface area (Å²) >= 11 is 1.41. The summed E-state index contributed by atoms with van der Waals surface area (Å²) in [6.07, 6.45) is 1.32. The smallest absolute Gasteiger partial charge is 0.339 e. The molecule has 1 aromatic heterocycles. The van der Waals surface area contributed by atoms with Crippen LogP contribution >= 0.6 is 11.8 Å². The van der Waals surface area contributed by atoms with Crippen LogP contribution in [0, 0.1) is 12.8 Å². The van der Waals surface area contributed by atoms with Crippen molar-refractivity contribution < 1.29 is 15.0 Å². The van der Waals surface area contributed by atoms with Gasteiger partial charge in [0.05, 0.1) is 11.3 Å². The maximum Gasteiger partial charge on any atom is 0.339 e. The molecule has 0 aliphatic carbocycles. The Labute approximate surface area is 97.9 Å². The summed E-state index contributed by atoms with van der Waals surface area (Å²) in [5.41, 5.74) is 0.584. The van der Waals surface area contributed by atoms with Crippen molar-refractivity contribution in [3.8, 4) is 0 Å². The first kappa shape index (κ1) is 12.9. The second kappa shape index (κ2) is 5.81. The van der Waals surface area contributed by atoms with Crippen molar-refractivity contribution in [2.75, 3.05) is 12.4 Å². The predicted octanol–water partition coefficient (Wildman–Crippen LogP) is 1.20. The van der Waals surface area contributed by atoms with E-state index in [0.29, 0.717) is 16.6 Å². The molecule has 5 nitrogen and oxygen atoms in total. The molecule has 1 rings (SSSR count). The van der Waals surface area contributed by atoms with E-state index >= 15 is 0 Å². The number of aliphatic hydroxyl groups excluding tert-OH is 1. The zero-order valence-corrected chi connectivity index (χ0v) is 9.99. The van der Waals surface area contributed by atoms with Crippen molar-refractivity contribution in [2.45, 2.75) is 19.0 Å². The summed E-state index contributed by atoms with van der Waals surface area (Å²) < 4.78 is 0. The molecule has 0 spiro atoms. The van der Waals surface area contributed by atoms with E-state index in [9.17, 15) is 4.79 Å². The van der Waals surface area contributed by atoms with E-state index in [1.165, 1.54) is 18.0 Å². The molecular formula is C10H14N2O3S. The van der Waals surface area contributed by atoms with Gasteiger partial charge < -0.3 is 10.2 Å². The first-order valence-electron chi connectivity index (χ1n) is 4.85. The zero-order valence-electron chi connectivity index (χ0n) is 9.17. The third kappa shape index (κ3) is 3.46. The average molecular weight is 242 g/mol. The van der Waals surface area contributed by atoms with Gasteiger partial charge in [0.25, 0.3) is 0 Å². The lowest BCUT2D eigenvalue weighted by Crippen LogP contribution is -2.06. The number of thioether (sulfide) groups is 1. The van der Waals surface area contributed by atoms with Crippen molar-refractivity contribution in [3.05, 3.63) is 17.5 Å². The van der Waals surface area contributed by atoms with Gasteiger partial charge in [-0.05, 0) is 12.8 Å². The number of nitrogens with zero attached hydrogens (tertiary/aromatic N) is 2. The van der Waals surface area contributed by atoms with Crippen LogP contribution in [0.15, 0.2) is 11.4 Å². The molecule has 0 fully saturated rings. The van der Waals surface area contributed by atoms with Gasteiger partial charge in [0.15, 0.2) is 5.16 Å². The maximum absolute atomic E-state index is 10.7. The van der Waals surface area contributed by atoms with Crippen LogP contribution in [-0.4, -0.2) is 38.5 Å². The van der Waals surface area contributed by atoms with Gasteiger partial charge in [-0.15, -0.1) is 0 Å². The monoisotopic (exact) mass is 242 g/mol. The topological polar surface area (TPSA) is 83.3 Å². The van der Waals surface area contributed by atoms with Crippen molar-refractivity contribution in [1.82, 2.24) is 9.97 Å². The van der Waals surface area contributed by atoms with Crippen molar-refractivity contribution in [3.63, 3.8) is 0 Å². The molecule has 0 aliphatic heterocycles. The number of rotatable bonds is 5. The predicted molar refractivity (Wildman–Crippen MR) is 60.7 cm³/mol. The first-order valence-corrected chi connectivity index (χ1v) is 5.83.